The molecule has 0 radical (unpaired) electrons. The van der Waals surface area contributed by atoms with Gasteiger partial charge in [0.25, 0.3) is 17.0 Å². The zero-order chi connectivity index (χ0) is 22.5. The van der Waals surface area contributed by atoms with Crippen LogP contribution in [0.3, 0.4) is 0 Å². The summed E-state index contributed by atoms with van der Waals surface area (Å²) in [6.45, 7) is 0.0513. The van der Waals surface area contributed by atoms with Crippen molar-refractivity contribution in [1.82, 2.24) is 14.3 Å². The molecule has 0 amide bonds. The number of nitrogens with zero attached hydrogens (tertiary/aromatic N) is 3. The second-order valence-corrected chi connectivity index (χ2v) is 7.79. The fraction of sp³-hybridized carbons (Fsp3) is 0.381. The molecule has 0 saturated heterocycles. The highest BCUT2D eigenvalue weighted by molar-refractivity contribution is 5.90. The maximum Gasteiger partial charge on any atom is 0.298 e. The summed E-state index contributed by atoms with van der Waals surface area (Å²) in [5.41, 5.74) is -1.70. The zero-order valence-electron chi connectivity index (χ0n) is 16.9. The summed E-state index contributed by atoms with van der Waals surface area (Å²) >= 11 is 0. The van der Waals surface area contributed by atoms with E-state index in [0.29, 0.717) is 5.39 Å². The molecule has 1 aliphatic rings. The molecular formula is C21H21F3N4O3. The minimum absolute atomic E-state index is 0.0510. The SMILES string of the molecule is C[C@H](Nc1nn(C)c(=O)c2cc(=O)n(C3CC3)cc12)c1cccc(C(F)(F)CO)c1F. The number of aliphatic hydroxyl groups excluding tert-OH is 1. The number of fused-ring (bicyclic) bond motifs is 1. The number of pyridine rings is 1. The number of aryl methyl sites for hydroxylation is 1. The molecule has 164 valence electrons. The number of hydrogen-bond acceptors (Lipinski definition) is 5. The lowest BCUT2D eigenvalue weighted by molar-refractivity contribution is -0.0583. The first-order valence-electron chi connectivity index (χ1n) is 9.81. The second kappa shape index (κ2) is 7.52. The van der Waals surface area contributed by atoms with Gasteiger partial charge in [0.15, 0.2) is 5.82 Å². The Balaban J connectivity index is 1.79. The lowest BCUT2D eigenvalue weighted by Crippen LogP contribution is -2.26. The molecule has 2 heterocycles. The van der Waals surface area contributed by atoms with E-state index in [1.54, 1.807) is 17.7 Å². The third kappa shape index (κ3) is 3.71. The smallest absolute Gasteiger partial charge is 0.298 e. The summed E-state index contributed by atoms with van der Waals surface area (Å²) in [5.74, 6) is -4.63. The molecule has 2 aromatic heterocycles. The van der Waals surface area contributed by atoms with Crippen LogP contribution in [0.5, 0.6) is 0 Å². The molecule has 0 unspecified atom stereocenters. The number of alkyl halides is 2. The van der Waals surface area contributed by atoms with Gasteiger partial charge < -0.3 is 15.0 Å². The summed E-state index contributed by atoms with van der Waals surface area (Å²) in [6.07, 6.45) is 3.28. The number of nitrogens with one attached hydrogen (secondary N) is 1. The number of hydrogen-bond donors (Lipinski definition) is 2. The zero-order valence-corrected chi connectivity index (χ0v) is 16.9. The molecule has 0 bridgehead atoms. The standard InChI is InChI=1S/C21H21F3N4O3/c1-11(13-4-3-5-16(18(13)22)21(23,24)10-29)25-19-15-9-28(12-6-7-12)17(30)8-14(15)20(31)27(2)26-19/h3-5,8-9,11-12,29H,6-7,10H2,1-2H3,(H,25,26)/t11-/m0/s1. The molecule has 2 N–H and O–H groups in total. The van der Waals surface area contributed by atoms with Crippen LogP contribution >= 0.6 is 0 Å². The van der Waals surface area contributed by atoms with Gasteiger partial charge in [0.2, 0.25) is 0 Å². The normalized spacial score (nSPS) is 15.3. The molecule has 1 atom stereocenters. The Morgan fingerprint density at radius 1 is 1.29 bits per heavy atom. The molecule has 0 aliphatic heterocycles. The largest absolute Gasteiger partial charge is 0.390 e. The van der Waals surface area contributed by atoms with Crippen LogP contribution in [0.1, 0.15) is 43.0 Å². The van der Waals surface area contributed by atoms with Gasteiger partial charge in [-0.3, -0.25) is 9.59 Å². The molecule has 31 heavy (non-hydrogen) atoms. The van der Waals surface area contributed by atoms with Gasteiger partial charge in [-0.25, -0.2) is 9.07 Å². The van der Waals surface area contributed by atoms with Crippen LogP contribution < -0.4 is 16.4 Å². The van der Waals surface area contributed by atoms with Crippen molar-refractivity contribution in [2.24, 2.45) is 7.05 Å². The molecule has 10 heteroatoms. The van der Waals surface area contributed by atoms with Gasteiger partial charge >= 0.3 is 0 Å². The number of rotatable bonds is 6. The first-order chi connectivity index (χ1) is 14.6. The van der Waals surface area contributed by atoms with Crippen LogP contribution in [0, 0.1) is 5.82 Å². The number of halogens is 3. The van der Waals surface area contributed by atoms with E-state index in [4.69, 9.17) is 5.11 Å². The van der Waals surface area contributed by atoms with E-state index in [0.717, 1.165) is 23.6 Å². The van der Waals surface area contributed by atoms with E-state index < -0.39 is 35.5 Å². The van der Waals surface area contributed by atoms with Crippen LogP contribution in [-0.2, 0) is 13.0 Å². The first-order valence-corrected chi connectivity index (χ1v) is 9.81. The van der Waals surface area contributed by atoms with Crippen molar-refractivity contribution in [1.29, 1.82) is 0 Å². The predicted molar refractivity (Wildman–Crippen MR) is 109 cm³/mol. The molecular weight excluding hydrogens is 413 g/mol. The molecule has 1 aromatic carbocycles. The fourth-order valence-electron chi connectivity index (χ4n) is 3.62. The number of benzene rings is 1. The number of aromatic nitrogens is 3. The molecule has 0 spiro atoms. The third-order valence-corrected chi connectivity index (χ3v) is 5.49. The summed E-state index contributed by atoms with van der Waals surface area (Å²) in [5, 5.41) is 16.6. The van der Waals surface area contributed by atoms with Crippen LogP contribution in [-0.4, -0.2) is 26.1 Å². The summed E-state index contributed by atoms with van der Waals surface area (Å²) in [4.78, 5) is 24.9. The topological polar surface area (TPSA) is 89.2 Å². The molecule has 1 aliphatic carbocycles. The molecule has 4 rings (SSSR count). The van der Waals surface area contributed by atoms with E-state index in [1.807, 2.05) is 0 Å². The molecule has 7 nitrogen and oxygen atoms in total. The number of aliphatic hydroxyl groups is 1. The Kier molecular flexibility index (Phi) is 5.12. The number of anilines is 1. The molecule has 1 saturated carbocycles. The highest BCUT2D eigenvalue weighted by Crippen LogP contribution is 2.35. The Hall–Kier alpha value is -3.14. The minimum Gasteiger partial charge on any atom is -0.390 e. The quantitative estimate of drug-likeness (QED) is 0.623. The lowest BCUT2D eigenvalue weighted by Gasteiger charge is -2.21. The Morgan fingerprint density at radius 3 is 2.65 bits per heavy atom. The highest BCUT2D eigenvalue weighted by atomic mass is 19.3. The fourth-order valence-corrected chi connectivity index (χ4v) is 3.62. The summed E-state index contributed by atoms with van der Waals surface area (Å²) in [6, 6.07) is 4.10. The van der Waals surface area contributed by atoms with Crippen molar-refractivity contribution in [2.45, 2.75) is 37.8 Å². The van der Waals surface area contributed by atoms with E-state index in [-0.39, 0.29) is 28.4 Å². The first kappa shape index (κ1) is 21.1. The molecule has 1 fully saturated rings. The Labute approximate surface area is 174 Å². The van der Waals surface area contributed by atoms with Crippen LogP contribution in [0.4, 0.5) is 19.0 Å². The maximum atomic E-state index is 14.8. The summed E-state index contributed by atoms with van der Waals surface area (Å²) in [7, 11) is 1.42. The maximum absolute atomic E-state index is 14.8. The van der Waals surface area contributed by atoms with E-state index in [9.17, 15) is 22.8 Å². The summed E-state index contributed by atoms with van der Waals surface area (Å²) < 4.78 is 45.2. The van der Waals surface area contributed by atoms with Crippen molar-refractivity contribution in [2.75, 3.05) is 11.9 Å². The second-order valence-electron chi connectivity index (χ2n) is 7.79. The van der Waals surface area contributed by atoms with E-state index >= 15 is 0 Å². The van der Waals surface area contributed by atoms with Gasteiger partial charge in [0.1, 0.15) is 12.4 Å². The van der Waals surface area contributed by atoms with Crippen molar-refractivity contribution in [3.8, 4) is 0 Å². The van der Waals surface area contributed by atoms with Gasteiger partial charge in [0, 0.05) is 36.3 Å². The monoisotopic (exact) mass is 434 g/mol. The third-order valence-electron chi connectivity index (χ3n) is 5.49. The van der Waals surface area contributed by atoms with Crippen molar-refractivity contribution < 1.29 is 18.3 Å². The Bertz CT molecular complexity index is 1280. The average molecular weight is 434 g/mol. The molecule has 3 aromatic rings. The Morgan fingerprint density at radius 2 is 2.00 bits per heavy atom. The van der Waals surface area contributed by atoms with Crippen LogP contribution in [0.15, 0.2) is 40.1 Å². The van der Waals surface area contributed by atoms with Crippen molar-refractivity contribution in [3.63, 3.8) is 0 Å². The minimum atomic E-state index is -3.72. The van der Waals surface area contributed by atoms with Crippen molar-refractivity contribution in [3.05, 3.63) is 68.1 Å². The van der Waals surface area contributed by atoms with Crippen LogP contribution in [0.2, 0.25) is 0 Å². The van der Waals surface area contributed by atoms with Gasteiger partial charge in [-0.2, -0.15) is 13.9 Å². The average Bonchev–Trinajstić information content (AvgIpc) is 3.56. The van der Waals surface area contributed by atoms with Gasteiger partial charge in [-0.15, -0.1) is 0 Å². The van der Waals surface area contributed by atoms with Gasteiger partial charge in [-0.05, 0) is 25.8 Å². The van der Waals surface area contributed by atoms with Crippen molar-refractivity contribution >= 4 is 16.6 Å². The lowest BCUT2D eigenvalue weighted by atomic mass is 10.00. The highest BCUT2D eigenvalue weighted by Gasteiger charge is 2.35. The van der Waals surface area contributed by atoms with Gasteiger partial charge in [-0.1, -0.05) is 12.1 Å². The van der Waals surface area contributed by atoms with E-state index in [1.165, 1.54) is 25.2 Å². The van der Waals surface area contributed by atoms with Gasteiger partial charge in [0.05, 0.1) is 17.0 Å². The predicted octanol–water partition coefficient (Wildman–Crippen LogP) is 2.83. The van der Waals surface area contributed by atoms with E-state index in [2.05, 4.69) is 10.4 Å². The van der Waals surface area contributed by atoms with Crippen LogP contribution in [0.25, 0.3) is 10.8 Å².